The van der Waals surface area contributed by atoms with Gasteiger partial charge in [0, 0.05) is 62.6 Å². The fourth-order valence-electron chi connectivity index (χ4n) is 9.23. The lowest BCUT2D eigenvalue weighted by molar-refractivity contribution is -0.358. The molecule has 0 N–H and O–H groups in total. The van der Waals surface area contributed by atoms with Crippen molar-refractivity contribution in [1.29, 1.82) is 0 Å². The molecule has 5 heterocycles. The van der Waals surface area contributed by atoms with Crippen molar-refractivity contribution in [3.05, 3.63) is 0 Å². The van der Waals surface area contributed by atoms with Gasteiger partial charge in [0.1, 0.15) is 85.5 Å². The molecule has 0 bridgehead atoms. The van der Waals surface area contributed by atoms with Crippen LogP contribution in [-0.4, -0.2) is 327 Å². The van der Waals surface area contributed by atoms with E-state index in [9.17, 15) is 124 Å². The van der Waals surface area contributed by atoms with Crippen molar-refractivity contribution in [2.45, 2.75) is 142 Å². The summed E-state index contributed by atoms with van der Waals surface area (Å²) in [4.78, 5) is 23.3. The minimum absolute atomic E-state index is 0.0863. The highest BCUT2D eigenvalue weighted by Crippen LogP contribution is 2.36. The summed E-state index contributed by atoms with van der Waals surface area (Å²) in [5, 5.41) is 23.3. The Kier molecular flexibility index (Phi) is 33.1. The van der Waals surface area contributed by atoms with Crippen molar-refractivity contribution in [2.24, 2.45) is 0 Å². The number of ether oxygens (including phenoxy) is 14. The van der Waals surface area contributed by atoms with Crippen LogP contribution in [0.1, 0.15) is 12.8 Å². The van der Waals surface area contributed by atoms with Crippen LogP contribution in [0.4, 0.5) is 0 Å². The van der Waals surface area contributed by atoms with Crippen LogP contribution in [0.2, 0.25) is 0 Å². The zero-order valence-corrected chi connectivity index (χ0v) is 55.3. The Morgan fingerprint density at radius 3 is 1.00 bits per heavy atom. The van der Waals surface area contributed by atoms with Crippen molar-refractivity contribution in [2.75, 3.05) is 82.8 Å². The van der Waals surface area contributed by atoms with Crippen molar-refractivity contribution in [1.82, 2.24) is 0 Å². The summed E-state index contributed by atoms with van der Waals surface area (Å²) < 4.78 is 368. The molecule has 0 spiro atoms. The third-order valence-corrected chi connectivity index (χ3v) is 16.3. The van der Waals surface area contributed by atoms with Crippen LogP contribution >= 0.6 is 0 Å². The number of carbonyl (C=O) groups excluding carboxylic acids is 2. The number of aliphatic carboxylic acids is 2. The molecule has 21 atom stereocenters. The predicted molar refractivity (Wildman–Crippen MR) is 266 cm³/mol. The molecular weight excluding hydrogens is 1500 g/mol. The van der Waals surface area contributed by atoms with Gasteiger partial charge < -0.3 is 123 Å². The smallest absolute Gasteiger partial charge is 0.218 e. The van der Waals surface area contributed by atoms with E-state index < -0.39 is 263 Å². The van der Waals surface area contributed by atoms with Gasteiger partial charge in [0.05, 0.1) is 57.2 Å². The Hall–Kier alpha value is -2.66. The molecule has 5 aliphatic heterocycles. The van der Waals surface area contributed by atoms with Crippen LogP contribution in [0.15, 0.2) is 0 Å². The zero-order chi connectivity index (χ0) is 72.8. The van der Waals surface area contributed by atoms with E-state index in [2.05, 4.69) is 38.2 Å². The molecule has 562 valence electrons. The van der Waals surface area contributed by atoms with Crippen molar-refractivity contribution < 1.29 is 223 Å². The molecule has 5 rings (SSSR count). The largest absolute Gasteiger partial charge is 0.726 e. The summed E-state index contributed by atoms with van der Waals surface area (Å²) in [5.41, 5.74) is 0. The highest BCUT2D eigenvalue weighted by Gasteiger charge is 2.54. The molecule has 0 aromatic carbocycles. The van der Waals surface area contributed by atoms with Crippen LogP contribution in [0.3, 0.4) is 0 Å². The minimum atomic E-state index is -5.82. The average Bonchev–Trinajstić information content (AvgIpc) is 0.794. The van der Waals surface area contributed by atoms with E-state index in [0.29, 0.717) is 0 Å². The first kappa shape index (κ1) is 86.6. The van der Waals surface area contributed by atoms with Crippen LogP contribution in [0.5, 0.6) is 0 Å². The molecule has 0 amide bonds. The van der Waals surface area contributed by atoms with Crippen molar-refractivity contribution >= 4 is 95.1 Å². The number of carboxylic acids is 2. The molecule has 0 aromatic rings. The number of methoxy groups -OCH3 is 7. The Bertz CT molecular complexity index is 3410. The summed E-state index contributed by atoms with van der Waals surface area (Å²) >= 11 is 0. The zero-order valence-electron chi connectivity index (χ0n) is 48.8. The molecule has 0 radical (unpaired) electrons. The molecule has 5 fully saturated rings. The van der Waals surface area contributed by atoms with Gasteiger partial charge in [0.15, 0.2) is 31.1 Å². The summed E-state index contributed by atoms with van der Waals surface area (Å²) in [6, 6.07) is 0. The van der Waals surface area contributed by atoms with E-state index in [0.717, 1.165) is 14.2 Å². The summed E-state index contributed by atoms with van der Waals surface area (Å²) in [5.74, 6) is -3.63. The first-order valence-corrected chi connectivity index (χ1v) is 35.7. The van der Waals surface area contributed by atoms with Gasteiger partial charge in [-0.2, -0.15) is 0 Å². The highest BCUT2D eigenvalue weighted by molar-refractivity contribution is 7.82. The van der Waals surface area contributed by atoms with Gasteiger partial charge in [0.2, 0.25) is 83.2 Å². The Morgan fingerprint density at radius 1 is 0.337 bits per heavy atom. The average molecular weight is 1560 g/mol. The minimum Gasteiger partial charge on any atom is -0.726 e. The van der Waals surface area contributed by atoms with Crippen molar-refractivity contribution in [3.8, 4) is 0 Å². The fraction of sp³-hybridized carbons (Fsp3) is 0.946. The molecule has 95 heavy (non-hydrogen) atoms. The number of carboxylic acid groups (broad SMARTS) is 2. The lowest BCUT2D eigenvalue weighted by Crippen LogP contribution is -2.66. The standard InChI is InChI=1S/C17H30O14S.C13H22O22S4.C7H14O14S3/c1-23-8-6-28-14(16(18)19)13(10(8)24-2)31-17-15(27-5)12(26-4)11(25-3)9(30-17)7-29-32(20,21)22;1-28-8-7(34-38(22,23)24)4-29-11(12(14)15)10(8)32-13-9(35-39(25,26)27)6(33-37(19,20)21)2-5(31-13)3-30-36(16,17)18;1-17-7-6(21-24(14,15)16)5(20-23(11,12)13)2-4(19-7)3-18-22(8,9)10/h8-15,17H,6-7H2,1-5H3,(H,18,19)(H,20,21,22);5-11,13H,2-4H2,1H3,(H,14,15)(H,16,17,18)(H,19,20,21)(H,22,23,24)(H,25,26,27);4-7H,2-3H2,1H3,(H,8,9,10)(H,11,12,13)(H,14,15,16)/p-10. The van der Waals surface area contributed by atoms with E-state index in [-0.39, 0.29) is 6.61 Å². The summed E-state index contributed by atoms with van der Waals surface area (Å²) in [6.07, 6.45) is -35.8. The van der Waals surface area contributed by atoms with Crippen LogP contribution < -0.4 is 10.2 Å². The number of rotatable bonds is 32. The maximum atomic E-state index is 11.7. The van der Waals surface area contributed by atoms with E-state index in [1.807, 2.05) is 0 Å². The summed E-state index contributed by atoms with van der Waals surface area (Å²) in [7, 11) is -34.8. The second kappa shape index (κ2) is 36.3. The fourth-order valence-corrected chi connectivity index (χ4v) is 12.6. The van der Waals surface area contributed by atoms with Crippen LogP contribution in [0, 0.1) is 0 Å². The SMILES string of the molecule is COC1C(OS(=O)(=O)[O-])COC(C(=O)[O-])C1OC1OC(COS(=O)(=O)[O-])CC(OS(=O)(=O)[O-])C1OS(=O)(=O)[O-].COC1COC(C(=O)[O-])C(OC2OC(COS(=O)(=O)[O-])C(OC)C(OC)C2OC)C1OC.COC1OC(COS(=O)(=O)[O-])CC(OS(=O)(=O)[O-])C1OS(=O)(=O)[O-]. The van der Waals surface area contributed by atoms with Crippen molar-refractivity contribution in [3.63, 3.8) is 0 Å². The normalized spacial score (nSPS) is 34.0. The lowest BCUT2D eigenvalue weighted by Gasteiger charge is -2.48. The number of hydrogen-bond acceptors (Lipinski definition) is 50. The van der Waals surface area contributed by atoms with Gasteiger partial charge >= 0.3 is 0 Å². The molecule has 0 aliphatic carbocycles. The Balaban J connectivity index is 0.000000382. The second-order valence-electron chi connectivity index (χ2n) is 18.8. The van der Waals surface area contributed by atoms with Gasteiger partial charge in [-0.25, -0.2) is 67.3 Å². The first-order chi connectivity index (χ1) is 43.4. The third-order valence-electron chi connectivity index (χ3n) is 12.7. The van der Waals surface area contributed by atoms with E-state index >= 15 is 0 Å². The predicted octanol–water partition coefficient (Wildman–Crippen LogP) is -12.6. The topological polar surface area (TPSA) is 741 Å². The highest BCUT2D eigenvalue weighted by atomic mass is 32.3. The molecule has 0 saturated carbocycles. The molecule has 58 heteroatoms. The first-order valence-electron chi connectivity index (χ1n) is 25.0. The molecule has 5 aliphatic rings. The lowest BCUT2D eigenvalue weighted by atomic mass is 9.96. The molecule has 5 saturated heterocycles. The Morgan fingerprint density at radius 2 is 0.663 bits per heavy atom. The quantitative estimate of drug-likeness (QED) is 0.0446. The monoisotopic (exact) mass is 1560 g/mol. The van der Waals surface area contributed by atoms with Gasteiger partial charge in [-0.15, -0.1) is 0 Å². The third kappa shape index (κ3) is 29.8. The van der Waals surface area contributed by atoms with Crippen LogP contribution in [-0.2, 0) is 193 Å². The van der Waals surface area contributed by atoms with Crippen LogP contribution in [0.25, 0.3) is 0 Å². The van der Waals surface area contributed by atoms with E-state index in [4.69, 9.17) is 61.6 Å². The second-order valence-corrected chi connectivity index (χ2v) is 27.0. The molecular formula is C37H56O50S8-10. The molecule has 21 unspecified atom stereocenters. The Labute approximate surface area is 540 Å². The maximum Gasteiger partial charge on any atom is 0.218 e. The van der Waals surface area contributed by atoms with Gasteiger partial charge in [-0.1, -0.05) is 0 Å². The number of carbonyl (C=O) groups is 2. The maximum absolute atomic E-state index is 11.7. The summed E-state index contributed by atoms with van der Waals surface area (Å²) in [6.45, 7) is -3.89. The van der Waals surface area contributed by atoms with Gasteiger partial charge in [0.25, 0.3) is 0 Å². The molecule has 50 nitrogen and oxygen atoms in total. The van der Waals surface area contributed by atoms with E-state index in [1.54, 1.807) is 0 Å². The number of hydrogen-bond donors (Lipinski definition) is 0. The van der Waals surface area contributed by atoms with Gasteiger partial charge in [-0.05, 0) is 0 Å². The molecule has 0 aromatic heterocycles. The van der Waals surface area contributed by atoms with E-state index in [1.165, 1.54) is 35.5 Å². The van der Waals surface area contributed by atoms with Gasteiger partial charge in [-0.3, -0.25) is 33.5 Å².